The molecule has 1 aliphatic rings. The fourth-order valence-electron chi connectivity index (χ4n) is 4.06. The smallest absolute Gasteiger partial charge is 0.326 e. The Balaban J connectivity index is 1.48. The largest absolute Gasteiger partial charge is 0.480 e. The summed E-state index contributed by atoms with van der Waals surface area (Å²) in [6.45, 7) is 1.56. The van der Waals surface area contributed by atoms with Gasteiger partial charge in [-0.05, 0) is 55.7 Å². The standard InChI is InChI=1S/C25H22FN3O2S/c1-15(24(30)31)29(2)17-8-9-18(19(26)14-17)22-27-20-10-11-21(28-23(20)32-22)25(12-13-25)16-6-4-3-5-7-16/h3-11,14-15H,12-13H2,1-2H3,(H,30,31)/t15-/m0/s1. The highest BCUT2D eigenvalue weighted by atomic mass is 32.1. The van der Waals surface area contributed by atoms with E-state index in [-0.39, 0.29) is 5.41 Å². The van der Waals surface area contributed by atoms with Gasteiger partial charge < -0.3 is 10.0 Å². The van der Waals surface area contributed by atoms with E-state index in [1.54, 1.807) is 26.1 Å². The van der Waals surface area contributed by atoms with Crippen LogP contribution in [0.1, 0.15) is 31.0 Å². The van der Waals surface area contributed by atoms with E-state index in [0.717, 1.165) is 28.9 Å². The zero-order chi connectivity index (χ0) is 22.5. The second kappa shape index (κ2) is 7.67. The summed E-state index contributed by atoms with van der Waals surface area (Å²) in [6, 6.07) is 18.4. The number of rotatable bonds is 6. The fraction of sp³-hybridized carbons (Fsp3) is 0.240. The highest BCUT2D eigenvalue weighted by Crippen LogP contribution is 2.53. The summed E-state index contributed by atoms with van der Waals surface area (Å²) < 4.78 is 15.0. The number of anilines is 1. The van der Waals surface area contributed by atoms with Crippen LogP contribution in [0.25, 0.3) is 20.9 Å². The number of likely N-dealkylation sites (N-methyl/N-ethyl adjacent to an activating group) is 1. The zero-order valence-corrected chi connectivity index (χ0v) is 18.6. The van der Waals surface area contributed by atoms with Gasteiger partial charge in [0.25, 0.3) is 0 Å². The van der Waals surface area contributed by atoms with Gasteiger partial charge >= 0.3 is 5.97 Å². The molecule has 1 aliphatic carbocycles. The van der Waals surface area contributed by atoms with Gasteiger partial charge in [0.1, 0.15) is 27.2 Å². The lowest BCUT2D eigenvalue weighted by atomic mass is 9.92. The Labute approximate surface area is 189 Å². The Morgan fingerprint density at radius 2 is 1.88 bits per heavy atom. The first-order chi connectivity index (χ1) is 15.4. The van der Waals surface area contributed by atoms with Gasteiger partial charge in [0.05, 0.1) is 5.69 Å². The van der Waals surface area contributed by atoms with Crippen LogP contribution >= 0.6 is 11.3 Å². The molecule has 2 aromatic heterocycles. The topological polar surface area (TPSA) is 66.3 Å². The first-order valence-electron chi connectivity index (χ1n) is 10.5. The molecule has 0 saturated heterocycles. The number of nitrogens with zero attached hydrogens (tertiary/aromatic N) is 3. The number of hydrogen-bond donors (Lipinski definition) is 1. The molecule has 0 unspecified atom stereocenters. The number of benzene rings is 2. The molecule has 0 spiro atoms. The van der Waals surface area contributed by atoms with Crippen molar-refractivity contribution in [3.63, 3.8) is 0 Å². The molecule has 2 heterocycles. The summed E-state index contributed by atoms with van der Waals surface area (Å²) >= 11 is 1.37. The molecule has 0 aliphatic heterocycles. The number of carbonyl (C=O) groups is 1. The van der Waals surface area contributed by atoms with E-state index in [0.29, 0.717) is 16.3 Å². The lowest BCUT2D eigenvalue weighted by molar-refractivity contribution is -0.138. The maximum atomic E-state index is 15.0. The molecule has 0 amide bonds. The van der Waals surface area contributed by atoms with E-state index in [4.69, 9.17) is 4.98 Å². The van der Waals surface area contributed by atoms with Crippen LogP contribution < -0.4 is 4.90 Å². The maximum Gasteiger partial charge on any atom is 0.326 e. The molecule has 0 radical (unpaired) electrons. The molecule has 162 valence electrons. The molecular formula is C25H22FN3O2S. The quantitative estimate of drug-likeness (QED) is 0.424. The van der Waals surface area contributed by atoms with E-state index in [1.165, 1.54) is 27.9 Å². The SMILES string of the molecule is C[C@@H](C(=O)O)N(C)c1ccc(-c2nc3ccc(C4(c5ccccc5)CC4)nc3s2)c(F)c1. The Morgan fingerprint density at radius 3 is 2.53 bits per heavy atom. The van der Waals surface area contributed by atoms with Crippen molar-refractivity contribution in [2.45, 2.75) is 31.2 Å². The zero-order valence-electron chi connectivity index (χ0n) is 17.7. The first-order valence-corrected chi connectivity index (χ1v) is 11.3. The Morgan fingerprint density at radius 1 is 1.12 bits per heavy atom. The Kier molecular flexibility index (Phi) is 4.93. The van der Waals surface area contributed by atoms with Crippen LogP contribution in [0.15, 0.2) is 60.7 Å². The number of carboxylic acid groups (broad SMARTS) is 1. The highest BCUT2D eigenvalue weighted by Gasteiger charge is 2.47. The molecule has 1 saturated carbocycles. The van der Waals surface area contributed by atoms with E-state index in [2.05, 4.69) is 29.2 Å². The summed E-state index contributed by atoms with van der Waals surface area (Å²) in [5.74, 6) is -1.40. The van der Waals surface area contributed by atoms with Gasteiger partial charge in [0, 0.05) is 23.7 Å². The summed E-state index contributed by atoms with van der Waals surface area (Å²) in [5, 5.41) is 9.76. The summed E-state index contributed by atoms with van der Waals surface area (Å²) in [6.07, 6.45) is 2.14. The van der Waals surface area contributed by atoms with Gasteiger partial charge in [-0.2, -0.15) is 0 Å². The number of halogens is 1. The summed E-state index contributed by atoms with van der Waals surface area (Å²) in [7, 11) is 1.64. The predicted molar refractivity (Wildman–Crippen MR) is 125 cm³/mol. The van der Waals surface area contributed by atoms with Crippen molar-refractivity contribution in [2.75, 3.05) is 11.9 Å². The Hall–Kier alpha value is -3.32. The van der Waals surface area contributed by atoms with Crippen LogP contribution in [0.4, 0.5) is 10.1 Å². The molecule has 1 N–H and O–H groups in total. The van der Waals surface area contributed by atoms with Gasteiger partial charge in [0.15, 0.2) is 0 Å². The molecule has 5 rings (SSSR count). The van der Waals surface area contributed by atoms with Crippen LogP contribution in [-0.4, -0.2) is 34.1 Å². The molecule has 1 fully saturated rings. The second-order valence-electron chi connectivity index (χ2n) is 8.28. The third-order valence-electron chi connectivity index (χ3n) is 6.35. The molecule has 7 heteroatoms. The minimum Gasteiger partial charge on any atom is -0.480 e. The minimum absolute atomic E-state index is 0.0298. The number of carboxylic acids is 1. The van der Waals surface area contributed by atoms with Crippen molar-refractivity contribution >= 4 is 33.3 Å². The lowest BCUT2D eigenvalue weighted by Crippen LogP contribution is -2.35. The number of pyridine rings is 1. The highest BCUT2D eigenvalue weighted by molar-refractivity contribution is 7.21. The molecule has 0 bridgehead atoms. The molecular weight excluding hydrogens is 425 g/mol. The first kappa shape index (κ1) is 20.6. The minimum atomic E-state index is -0.964. The van der Waals surface area contributed by atoms with Gasteiger partial charge in [0.2, 0.25) is 0 Å². The fourth-order valence-corrected chi connectivity index (χ4v) is 5.02. The average Bonchev–Trinajstić information content (AvgIpc) is 3.51. The summed E-state index contributed by atoms with van der Waals surface area (Å²) in [5.41, 5.74) is 3.92. The predicted octanol–water partition coefficient (Wildman–Crippen LogP) is 5.49. The van der Waals surface area contributed by atoms with Gasteiger partial charge in [-0.3, -0.25) is 0 Å². The number of fused-ring (bicyclic) bond motifs is 1. The van der Waals surface area contributed by atoms with Gasteiger partial charge in [-0.15, -0.1) is 0 Å². The van der Waals surface area contributed by atoms with Crippen molar-refractivity contribution in [2.24, 2.45) is 0 Å². The van der Waals surface area contributed by atoms with Crippen LogP contribution in [0.5, 0.6) is 0 Å². The van der Waals surface area contributed by atoms with E-state index >= 15 is 0 Å². The monoisotopic (exact) mass is 447 g/mol. The summed E-state index contributed by atoms with van der Waals surface area (Å²) in [4.78, 5) is 23.1. The molecule has 5 nitrogen and oxygen atoms in total. The number of thiazole rings is 1. The Bertz CT molecular complexity index is 1320. The number of hydrogen-bond acceptors (Lipinski definition) is 5. The lowest BCUT2D eigenvalue weighted by Gasteiger charge is -2.23. The van der Waals surface area contributed by atoms with Gasteiger partial charge in [-0.1, -0.05) is 41.7 Å². The van der Waals surface area contributed by atoms with Crippen molar-refractivity contribution in [3.05, 3.63) is 77.7 Å². The van der Waals surface area contributed by atoms with Crippen LogP contribution in [0.2, 0.25) is 0 Å². The molecule has 32 heavy (non-hydrogen) atoms. The van der Waals surface area contributed by atoms with Crippen molar-refractivity contribution in [1.82, 2.24) is 9.97 Å². The van der Waals surface area contributed by atoms with E-state index in [1.807, 2.05) is 18.2 Å². The molecule has 1 atom stereocenters. The maximum absolute atomic E-state index is 15.0. The van der Waals surface area contributed by atoms with Crippen LogP contribution in [0, 0.1) is 5.82 Å². The van der Waals surface area contributed by atoms with Crippen LogP contribution in [-0.2, 0) is 10.2 Å². The van der Waals surface area contributed by atoms with Crippen molar-refractivity contribution in [3.8, 4) is 10.6 Å². The van der Waals surface area contributed by atoms with Crippen LogP contribution in [0.3, 0.4) is 0 Å². The van der Waals surface area contributed by atoms with E-state index < -0.39 is 17.8 Å². The third kappa shape index (κ3) is 3.42. The molecule has 4 aromatic rings. The average molecular weight is 448 g/mol. The number of aromatic nitrogens is 2. The third-order valence-corrected chi connectivity index (χ3v) is 7.35. The van der Waals surface area contributed by atoms with Crippen molar-refractivity contribution < 1.29 is 14.3 Å². The molecule has 2 aromatic carbocycles. The van der Waals surface area contributed by atoms with E-state index in [9.17, 15) is 14.3 Å². The second-order valence-corrected chi connectivity index (χ2v) is 9.25. The van der Waals surface area contributed by atoms with Crippen molar-refractivity contribution in [1.29, 1.82) is 0 Å². The normalized spacial score (nSPS) is 15.5. The van der Waals surface area contributed by atoms with Gasteiger partial charge in [-0.25, -0.2) is 19.2 Å². The number of aliphatic carboxylic acids is 1.